The van der Waals surface area contributed by atoms with Crippen LogP contribution in [0.2, 0.25) is 0 Å². The number of halogens is 1. The first-order valence-corrected chi connectivity index (χ1v) is 9.80. The highest BCUT2D eigenvalue weighted by Crippen LogP contribution is 2.59. The van der Waals surface area contributed by atoms with E-state index >= 15 is 0 Å². The number of hydrogen-bond donors (Lipinski definition) is 2. The van der Waals surface area contributed by atoms with Gasteiger partial charge in [0.15, 0.2) is 0 Å². The number of amides is 2. The van der Waals surface area contributed by atoms with Crippen molar-refractivity contribution in [3.8, 4) is 0 Å². The third-order valence-corrected chi connectivity index (χ3v) is 6.64. The molecule has 2 heterocycles. The van der Waals surface area contributed by atoms with Gasteiger partial charge in [0.25, 0.3) is 5.91 Å². The van der Waals surface area contributed by atoms with Crippen molar-refractivity contribution in [2.75, 3.05) is 19.6 Å². The van der Waals surface area contributed by atoms with E-state index < -0.39 is 6.17 Å². The molecule has 26 heavy (non-hydrogen) atoms. The Balaban J connectivity index is 1.23. The summed E-state index contributed by atoms with van der Waals surface area (Å²) in [5.74, 6) is 0.483. The molecule has 0 radical (unpaired) electrons. The number of aromatic amines is 1. The van der Waals surface area contributed by atoms with Gasteiger partial charge in [-0.15, -0.1) is 0 Å². The van der Waals surface area contributed by atoms with Gasteiger partial charge in [0.2, 0.25) is 5.91 Å². The number of likely N-dealkylation sites (tertiary alicyclic amines) is 1. The zero-order valence-corrected chi connectivity index (χ0v) is 15.0. The van der Waals surface area contributed by atoms with Crippen LogP contribution in [0.15, 0.2) is 12.5 Å². The minimum Gasteiger partial charge on any atom is -0.348 e. The Morgan fingerprint density at radius 2 is 2.04 bits per heavy atom. The third-order valence-electron chi connectivity index (χ3n) is 6.64. The number of H-pyrrole nitrogens is 1. The molecular weight excluding hydrogens is 335 g/mol. The smallest absolute Gasteiger partial charge is 0.269 e. The molecule has 0 aromatic carbocycles. The van der Waals surface area contributed by atoms with Gasteiger partial charge in [0.1, 0.15) is 11.9 Å². The van der Waals surface area contributed by atoms with Gasteiger partial charge in [-0.2, -0.15) is 0 Å². The van der Waals surface area contributed by atoms with Crippen LogP contribution in [0, 0.1) is 17.3 Å². The van der Waals surface area contributed by atoms with Gasteiger partial charge in [-0.3, -0.25) is 9.59 Å². The van der Waals surface area contributed by atoms with Crippen LogP contribution in [-0.2, 0) is 4.79 Å². The molecule has 1 aliphatic heterocycles. The lowest BCUT2D eigenvalue weighted by atomic mass is 9.72. The van der Waals surface area contributed by atoms with Crippen molar-refractivity contribution in [3.05, 3.63) is 18.2 Å². The molecule has 1 aromatic rings. The number of rotatable bonds is 6. The highest BCUT2D eigenvalue weighted by molar-refractivity contribution is 5.91. The van der Waals surface area contributed by atoms with Crippen LogP contribution >= 0.6 is 0 Å². The zero-order chi connectivity index (χ0) is 18.1. The normalized spacial score (nSPS) is 24.0. The first kappa shape index (κ1) is 17.5. The summed E-state index contributed by atoms with van der Waals surface area (Å²) in [6.07, 6.45) is 8.85. The van der Waals surface area contributed by atoms with E-state index in [0.29, 0.717) is 43.5 Å². The summed E-state index contributed by atoms with van der Waals surface area (Å²) in [5, 5.41) is 2.61. The lowest BCUT2D eigenvalue weighted by Gasteiger charge is -2.40. The van der Waals surface area contributed by atoms with Gasteiger partial charge >= 0.3 is 0 Å². The molecule has 2 aliphatic carbocycles. The molecule has 1 aromatic heterocycles. The number of nitrogens with zero attached hydrogens (tertiary/aromatic N) is 2. The van der Waals surface area contributed by atoms with Crippen molar-refractivity contribution in [2.45, 2.75) is 51.1 Å². The Hall–Kier alpha value is -1.92. The van der Waals surface area contributed by atoms with Crippen molar-refractivity contribution in [1.82, 2.24) is 20.2 Å². The maximum atomic E-state index is 14.5. The van der Waals surface area contributed by atoms with Crippen LogP contribution in [0.5, 0.6) is 0 Å². The lowest BCUT2D eigenvalue weighted by Crippen LogP contribution is -2.47. The first-order valence-electron chi connectivity index (χ1n) is 9.80. The Kier molecular flexibility index (Phi) is 4.71. The second kappa shape index (κ2) is 7.00. The fraction of sp³-hybridized carbons (Fsp3) is 0.737. The highest BCUT2D eigenvalue weighted by Gasteiger charge is 2.58. The van der Waals surface area contributed by atoms with Crippen LogP contribution in [0.3, 0.4) is 0 Å². The molecule has 3 aliphatic rings. The minimum atomic E-state index is -1.08. The van der Waals surface area contributed by atoms with Crippen molar-refractivity contribution in [2.24, 2.45) is 17.3 Å². The molecule has 2 amide bonds. The molecule has 0 spiro atoms. The van der Waals surface area contributed by atoms with Gasteiger partial charge in [-0.1, -0.05) is 6.42 Å². The van der Waals surface area contributed by atoms with E-state index in [1.165, 1.54) is 31.8 Å². The van der Waals surface area contributed by atoms with Crippen LogP contribution in [0.4, 0.5) is 4.39 Å². The summed E-state index contributed by atoms with van der Waals surface area (Å²) < 4.78 is 14.5. The Morgan fingerprint density at radius 3 is 2.58 bits per heavy atom. The number of piperidine rings is 1. The van der Waals surface area contributed by atoms with E-state index in [1.54, 1.807) is 0 Å². The second-order valence-corrected chi connectivity index (χ2v) is 8.10. The quantitative estimate of drug-likeness (QED) is 0.815. The van der Waals surface area contributed by atoms with Crippen molar-refractivity contribution < 1.29 is 14.0 Å². The van der Waals surface area contributed by atoms with Crippen molar-refractivity contribution >= 4 is 11.8 Å². The van der Waals surface area contributed by atoms with Gasteiger partial charge in [-0.25, -0.2) is 9.37 Å². The molecule has 3 fully saturated rings. The topological polar surface area (TPSA) is 78.1 Å². The van der Waals surface area contributed by atoms with Gasteiger partial charge in [0.05, 0.1) is 17.9 Å². The predicted molar refractivity (Wildman–Crippen MR) is 94.1 cm³/mol. The SMILES string of the molecule is O=C(NCC(F)C1CCN(C(=O)C2(C3CCC3)CC2)CC1)c1cnc[nH]1. The zero-order valence-electron chi connectivity index (χ0n) is 15.0. The average Bonchev–Trinajstić information content (AvgIpc) is 3.20. The van der Waals surface area contributed by atoms with Gasteiger partial charge < -0.3 is 15.2 Å². The fourth-order valence-corrected chi connectivity index (χ4v) is 4.50. The molecule has 6 nitrogen and oxygen atoms in total. The standard InChI is InChI=1S/C19H27FN4O2/c20-15(10-22-17(25)16-11-21-12-23-16)13-4-8-24(9-5-13)18(26)19(6-7-19)14-2-1-3-14/h11-15H,1-10H2,(H,21,23)(H,22,25). The first-order chi connectivity index (χ1) is 12.6. The number of carbonyl (C=O) groups excluding carboxylic acids is 2. The highest BCUT2D eigenvalue weighted by atomic mass is 19.1. The number of alkyl halides is 1. The van der Waals surface area contributed by atoms with E-state index in [9.17, 15) is 14.0 Å². The lowest BCUT2D eigenvalue weighted by molar-refractivity contribution is -0.142. The van der Waals surface area contributed by atoms with Crippen LogP contribution in [-0.4, -0.2) is 52.5 Å². The second-order valence-electron chi connectivity index (χ2n) is 8.10. The van der Waals surface area contributed by atoms with Crippen LogP contribution < -0.4 is 5.32 Å². The van der Waals surface area contributed by atoms with Gasteiger partial charge in [0, 0.05) is 19.6 Å². The molecule has 0 bridgehead atoms. The summed E-state index contributed by atoms with van der Waals surface area (Å²) >= 11 is 0. The maximum absolute atomic E-state index is 14.5. The molecule has 142 valence electrons. The summed E-state index contributed by atoms with van der Waals surface area (Å²) in [4.78, 5) is 33.2. The van der Waals surface area contributed by atoms with E-state index in [-0.39, 0.29) is 23.8 Å². The molecule has 7 heteroatoms. The Bertz CT molecular complexity index is 647. The Morgan fingerprint density at radius 1 is 1.31 bits per heavy atom. The summed E-state index contributed by atoms with van der Waals surface area (Å²) in [6.45, 7) is 1.29. The minimum absolute atomic E-state index is 0.00246. The largest absolute Gasteiger partial charge is 0.348 e. The summed E-state index contributed by atoms with van der Waals surface area (Å²) in [7, 11) is 0. The van der Waals surface area contributed by atoms with E-state index in [2.05, 4.69) is 15.3 Å². The summed E-state index contributed by atoms with van der Waals surface area (Å²) in [5.41, 5.74) is 0.279. The fourth-order valence-electron chi connectivity index (χ4n) is 4.50. The number of carbonyl (C=O) groups is 2. The third kappa shape index (κ3) is 3.23. The number of hydrogen-bond acceptors (Lipinski definition) is 3. The molecule has 4 rings (SSSR count). The summed E-state index contributed by atoms with van der Waals surface area (Å²) in [6, 6.07) is 0. The van der Waals surface area contributed by atoms with Crippen molar-refractivity contribution in [3.63, 3.8) is 0 Å². The molecule has 1 unspecified atom stereocenters. The molecule has 2 N–H and O–H groups in total. The number of aromatic nitrogens is 2. The van der Waals surface area contributed by atoms with Crippen LogP contribution in [0.1, 0.15) is 55.4 Å². The van der Waals surface area contributed by atoms with E-state index in [1.807, 2.05) is 4.90 Å². The predicted octanol–water partition coefficient (Wildman–Crippen LogP) is 2.30. The maximum Gasteiger partial charge on any atom is 0.269 e. The molecular formula is C19H27FN4O2. The average molecular weight is 362 g/mol. The number of nitrogens with one attached hydrogen (secondary N) is 2. The Labute approximate surface area is 152 Å². The van der Waals surface area contributed by atoms with E-state index in [4.69, 9.17) is 0 Å². The van der Waals surface area contributed by atoms with Crippen LogP contribution in [0.25, 0.3) is 0 Å². The molecule has 1 atom stereocenters. The molecule has 1 saturated heterocycles. The number of imidazole rings is 1. The van der Waals surface area contributed by atoms with E-state index in [0.717, 1.165) is 12.8 Å². The monoisotopic (exact) mass is 362 g/mol. The van der Waals surface area contributed by atoms with Gasteiger partial charge in [-0.05, 0) is 50.4 Å². The molecule has 2 saturated carbocycles. The van der Waals surface area contributed by atoms with Crippen molar-refractivity contribution in [1.29, 1.82) is 0 Å².